The number of aromatic nitrogens is 2. The Kier molecular flexibility index (Phi) is 5.84. The van der Waals surface area contributed by atoms with Crippen molar-refractivity contribution in [2.75, 3.05) is 68.7 Å². The summed E-state index contributed by atoms with van der Waals surface area (Å²) in [5, 5.41) is 3.19. The maximum Gasteiger partial charge on any atom is 0.290 e. The van der Waals surface area contributed by atoms with Crippen molar-refractivity contribution in [3.8, 4) is 0 Å². The van der Waals surface area contributed by atoms with Gasteiger partial charge in [0.05, 0.1) is 0 Å². The van der Waals surface area contributed by atoms with Crippen LogP contribution in [0, 0.1) is 0 Å². The molecule has 1 aliphatic carbocycles. The number of anilines is 2. The minimum atomic E-state index is -2.93. The molecule has 1 aromatic heterocycles. The number of nitrogens with zero attached hydrogens (tertiary/aromatic N) is 6. The van der Waals surface area contributed by atoms with E-state index in [1.54, 1.807) is 9.80 Å². The van der Waals surface area contributed by atoms with E-state index in [-0.39, 0.29) is 42.8 Å². The molecule has 0 radical (unpaired) electrons. The first-order valence-electron chi connectivity index (χ1n) is 11.9. The molecule has 180 valence electrons. The van der Waals surface area contributed by atoms with Crippen LogP contribution in [0.4, 0.5) is 20.5 Å². The molecule has 0 bridgehead atoms. The van der Waals surface area contributed by atoms with E-state index < -0.39 is 5.92 Å². The van der Waals surface area contributed by atoms with Crippen LogP contribution in [0.3, 0.4) is 0 Å². The Labute approximate surface area is 192 Å². The Bertz CT molecular complexity index is 930. The lowest BCUT2D eigenvalue weighted by atomic mass is 10.1. The molecule has 1 aromatic rings. The van der Waals surface area contributed by atoms with Crippen molar-refractivity contribution in [1.82, 2.24) is 25.1 Å². The van der Waals surface area contributed by atoms with E-state index in [1.807, 2.05) is 16.7 Å². The topological polar surface area (TPSA) is 84.9 Å². The summed E-state index contributed by atoms with van der Waals surface area (Å²) < 4.78 is 29.1. The number of carbonyl (C=O) groups excluding carboxylic acids is 2. The number of carbonyl (C=O) groups is 2. The number of hydrogen-bond donors (Lipinski definition) is 1. The van der Waals surface area contributed by atoms with E-state index in [4.69, 9.17) is 4.98 Å². The number of halogens is 2. The second-order valence-electron chi connectivity index (χ2n) is 9.39. The first kappa shape index (κ1) is 22.2. The summed E-state index contributed by atoms with van der Waals surface area (Å²) in [6.07, 6.45) is 0.896. The minimum absolute atomic E-state index is 0.119. The molecule has 3 fully saturated rings. The van der Waals surface area contributed by atoms with Gasteiger partial charge in [0.1, 0.15) is 17.9 Å². The summed E-state index contributed by atoms with van der Waals surface area (Å²) in [5.41, 5.74) is 0.396. The zero-order valence-corrected chi connectivity index (χ0v) is 19.0. The number of piperazine rings is 2. The molecule has 5 rings (SSSR count). The predicted octanol–water partition coefficient (Wildman–Crippen LogP) is 0.584. The number of hydrogen-bond acceptors (Lipinski definition) is 7. The molecular formula is C22H31F2N7O2. The van der Waals surface area contributed by atoms with Crippen LogP contribution in [0.25, 0.3) is 0 Å². The van der Waals surface area contributed by atoms with Gasteiger partial charge in [-0.15, -0.1) is 0 Å². The molecule has 3 saturated heterocycles. The number of nitrogens with one attached hydrogen (secondary N) is 1. The third-order valence-electron chi connectivity index (χ3n) is 7.29. The Morgan fingerprint density at radius 2 is 1.67 bits per heavy atom. The maximum atomic E-state index is 14.6. The third kappa shape index (κ3) is 4.22. The highest BCUT2D eigenvalue weighted by atomic mass is 19.3. The van der Waals surface area contributed by atoms with Crippen molar-refractivity contribution in [2.45, 2.75) is 44.6 Å². The highest BCUT2D eigenvalue weighted by Gasteiger charge is 2.45. The molecular weight excluding hydrogens is 432 g/mol. The van der Waals surface area contributed by atoms with Crippen LogP contribution in [0.15, 0.2) is 0 Å². The summed E-state index contributed by atoms with van der Waals surface area (Å²) >= 11 is 0. The third-order valence-corrected chi connectivity index (χ3v) is 7.29. The molecule has 4 aliphatic rings. The lowest BCUT2D eigenvalue weighted by Gasteiger charge is -2.40. The van der Waals surface area contributed by atoms with Crippen molar-refractivity contribution in [2.24, 2.45) is 0 Å². The second kappa shape index (κ2) is 8.66. The van der Waals surface area contributed by atoms with Crippen molar-refractivity contribution in [1.29, 1.82) is 0 Å². The van der Waals surface area contributed by atoms with E-state index in [0.717, 1.165) is 26.1 Å². The first-order valence-corrected chi connectivity index (χ1v) is 11.9. The Hall–Kier alpha value is -2.56. The van der Waals surface area contributed by atoms with E-state index >= 15 is 0 Å². The van der Waals surface area contributed by atoms with Crippen LogP contribution >= 0.6 is 0 Å². The van der Waals surface area contributed by atoms with Gasteiger partial charge in [0.15, 0.2) is 0 Å². The molecule has 33 heavy (non-hydrogen) atoms. The van der Waals surface area contributed by atoms with Gasteiger partial charge < -0.3 is 24.9 Å². The predicted molar refractivity (Wildman–Crippen MR) is 119 cm³/mol. The van der Waals surface area contributed by atoms with Gasteiger partial charge in [0.2, 0.25) is 17.8 Å². The van der Waals surface area contributed by atoms with Gasteiger partial charge in [0.25, 0.3) is 5.92 Å². The molecule has 3 aliphatic heterocycles. The fourth-order valence-electron chi connectivity index (χ4n) is 5.03. The average molecular weight is 464 g/mol. The van der Waals surface area contributed by atoms with Crippen molar-refractivity contribution >= 4 is 23.6 Å². The van der Waals surface area contributed by atoms with Gasteiger partial charge >= 0.3 is 0 Å². The van der Waals surface area contributed by atoms with Crippen LogP contribution in [0.1, 0.15) is 37.4 Å². The minimum Gasteiger partial charge on any atom is -0.353 e. The zero-order valence-electron chi connectivity index (χ0n) is 19.0. The molecule has 0 aromatic carbocycles. The van der Waals surface area contributed by atoms with Crippen molar-refractivity contribution in [3.63, 3.8) is 0 Å². The van der Waals surface area contributed by atoms with E-state index in [9.17, 15) is 18.4 Å². The fraction of sp³-hybridized carbons (Fsp3) is 0.727. The van der Waals surface area contributed by atoms with Crippen LogP contribution in [0.5, 0.6) is 0 Å². The maximum absolute atomic E-state index is 14.6. The normalized spacial score (nSPS) is 24.5. The van der Waals surface area contributed by atoms with E-state index in [0.29, 0.717) is 56.6 Å². The lowest BCUT2D eigenvalue weighted by molar-refractivity contribution is -0.141. The molecule has 0 unspecified atom stereocenters. The Balaban J connectivity index is 1.27. The molecule has 9 nitrogen and oxygen atoms in total. The van der Waals surface area contributed by atoms with Crippen LogP contribution < -0.4 is 15.1 Å². The molecule has 1 N–H and O–H groups in total. The first-order chi connectivity index (χ1) is 15.8. The molecule has 2 amide bonds. The Morgan fingerprint density at radius 1 is 1.00 bits per heavy atom. The lowest BCUT2D eigenvalue weighted by Crippen LogP contribution is -2.52. The number of amides is 2. The van der Waals surface area contributed by atoms with E-state index in [1.165, 1.54) is 0 Å². The number of rotatable bonds is 4. The summed E-state index contributed by atoms with van der Waals surface area (Å²) in [6.45, 7) is 7.45. The van der Waals surface area contributed by atoms with Crippen LogP contribution in [0.2, 0.25) is 0 Å². The summed E-state index contributed by atoms with van der Waals surface area (Å²) in [5.74, 6) is -2.28. The van der Waals surface area contributed by atoms with Crippen molar-refractivity contribution in [3.05, 3.63) is 11.3 Å². The SMILES string of the molecule is C[C@H]1CCN1c1nc(N2CCN(C(=O)CC(=O)N3CCNCC3)CC2)c2c(n1)C(F)(F)CC2. The summed E-state index contributed by atoms with van der Waals surface area (Å²) in [7, 11) is 0. The van der Waals surface area contributed by atoms with Crippen LogP contribution in [-0.4, -0.2) is 96.5 Å². The molecule has 1 atom stereocenters. The highest BCUT2D eigenvalue weighted by molar-refractivity contribution is 5.97. The van der Waals surface area contributed by atoms with Gasteiger partial charge in [-0.3, -0.25) is 9.59 Å². The second-order valence-corrected chi connectivity index (χ2v) is 9.39. The van der Waals surface area contributed by atoms with Crippen LogP contribution in [-0.2, 0) is 21.9 Å². The summed E-state index contributed by atoms with van der Waals surface area (Å²) in [4.78, 5) is 41.5. The molecule has 0 spiro atoms. The monoisotopic (exact) mass is 463 g/mol. The standard InChI is InChI=1S/C22H31F2N7O2/c1-15-3-7-31(15)21-26-19-16(2-4-22(19,23)24)20(27-21)30-12-10-29(11-13-30)18(33)14-17(32)28-8-5-25-6-9-28/h15,25H,2-14H2,1H3/t15-/m0/s1. The zero-order chi connectivity index (χ0) is 23.2. The quantitative estimate of drug-likeness (QED) is 0.654. The smallest absolute Gasteiger partial charge is 0.290 e. The fourth-order valence-corrected chi connectivity index (χ4v) is 5.03. The summed E-state index contributed by atoms with van der Waals surface area (Å²) in [6, 6.07) is 0.244. The van der Waals surface area contributed by atoms with Gasteiger partial charge in [-0.05, 0) is 19.8 Å². The van der Waals surface area contributed by atoms with Gasteiger partial charge in [-0.1, -0.05) is 0 Å². The Morgan fingerprint density at radius 3 is 2.27 bits per heavy atom. The van der Waals surface area contributed by atoms with Crippen molar-refractivity contribution < 1.29 is 18.4 Å². The average Bonchev–Trinajstić information content (AvgIpc) is 3.12. The molecule has 4 heterocycles. The molecule has 11 heteroatoms. The van der Waals surface area contributed by atoms with Gasteiger partial charge in [-0.2, -0.15) is 13.8 Å². The van der Waals surface area contributed by atoms with Gasteiger partial charge in [-0.25, -0.2) is 4.98 Å². The number of fused-ring (bicyclic) bond motifs is 1. The van der Waals surface area contributed by atoms with E-state index in [2.05, 4.69) is 10.3 Å². The number of alkyl halides is 2. The molecule has 0 saturated carbocycles. The van der Waals surface area contributed by atoms with Gasteiger partial charge in [0, 0.05) is 76.9 Å². The highest BCUT2D eigenvalue weighted by Crippen LogP contribution is 2.45. The largest absolute Gasteiger partial charge is 0.353 e.